The van der Waals surface area contributed by atoms with Crippen LogP contribution >= 0.6 is 0 Å². The molecule has 0 aromatic carbocycles. The highest BCUT2D eigenvalue weighted by Gasteiger charge is 2.46. The van der Waals surface area contributed by atoms with E-state index in [4.69, 9.17) is 5.73 Å². The first-order chi connectivity index (χ1) is 5.05. The Morgan fingerprint density at radius 3 is 2.36 bits per heavy atom. The first-order valence-corrected chi connectivity index (χ1v) is 3.53. The molecule has 3 N–H and O–H groups in total. The molecule has 0 aromatic rings. The van der Waals surface area contributed by atoms with E-state index < -0.39 is 18.0 Å². The summed E-state index contributed by atoms with van der Waals surface area (Å²) in [4.78, 5) is 0. The van der Waals surface area contributed by atoms with E-state index in [1.54, 1.807) is 0 Å². The average Bonchev–Trinajstić information content (AvgIpc) is 2.31. The van der Waals surface area contributed by atoms with Crippen LogP contribution in [-0.4, -0.2) is 25.8 Å². The molecule has 1 rings (SSSR count). The van der Waals surface area contributed by atoms with Crippen LogP contribution < -0.4 is 11.1 Å². The van der Waals surface area contributed by atoms with Crippen LogP contribution in [0.3, 0.4) is 0 Å². The quantitative estimate of drug-likeness (QED) is 0.592. The Kier molecular flexibility index (Phi) is 2.39. The number of hydrogen-bond donors (Lipinski definition) is 2. The fraction of sp³-hybridized carbons (Fsp3) is 1.00. The topological polar surface area (TPSA) is 38.0 Å². The highest BCUT2D eigenvalue weighted by molar-refractivity contribution is 4.85. The van der Waals surface area contributed by atoms with Gasteiger partial charge in [0.15, 0.2) is 0 Å². The van der Waals surface area contributed by atoms with E-state index in [1.807, 2.05) is 0 Å². The number of alkyl halides is 3. The van der Waals surface area contributed by atoms with Crippen LogP contribution in [0.2, 0.25) is 0 Å². The highest BCUT2D eigenvalue weighted by atomic mass is 19.4. The summed E-state index contributed by atoms with van der Waals surface area (Å²) in [7, 11) is 0. The lowest BCUT2D eigenvalue weighted by atomic mass is 9.96. The van der Waals surface area contributed by atoms with Crippen LogP contribution in [0.5, 0.6) is 0 Å². The van der Waals surface area contributed by atoms with Gasteiger partial charge in [-0.1, -0.05) is 0 Å². The van der Waals surface area contributed by atoms with E-state index in [0.29, 0.717) is 6.54 Å². The predicted octanol–water partition coefficient (Wildman–Crippen LogP) is 0.343. The second kappa shape index (κ2) is 2.98. The molecule has 0 amide bonds. The molecule has 1 aliphatic rings. The second-order valence-corrected chi connectivity index (χ2v) is 2.80. The third-order valence-electron chi connectivity index (χ3n) is 2.06. The summed E-state index contributed by atoms with van der Waals surface area (Å²) in [6.45, 7) is 0.517. The minimum Gasteiger partial charge on any atom is -0.330 e. The Labute approximate surface area is 62.9 Å². The molecule has 11 heavy (non-hydrogen) atoms. The van der Waals surface area contributed by atoms with E-state index >= 15 is 0 Å². The number of nitrogens with two attached hydrogens (primary N) is 1. The summed E-state index contributed by atoms with van der Waals surface area (Å²) in [6, 6.07) is 0. The van der Waals surface area contributed by atoms with Crippen molar-refractivity contribution in [3.63, 3.8) is 0 Å². The Morgan fingerprint density at radius 2 is 2.00 bits per heavy atom. The van der Waals surface area contributed by atoms with Crippen LogP contribution in [0, 0.1) is 11.8 Å². The molecule has 1 heterocycles. The van der Waals surface area contributed by atoms with Gasteiger partial charge in [0.05, 0.1) is 5.92 Å². The van der Waals surface area contributed by atoms with Gasteiger partial charge in [0.25, 0.3) is 0 Å². The SMILES string of the molecule is NCC1CNCC1C(F)(F)F. The van der Waals surface area contributed by atoms with Crippen LogP contribution in [0.15, 0.2) is 0 Å². The summed E-state index contributed by atoms with van der Waals surface area (Å²) in [5.74, 6) is -1.68. The zero-order valence-electron chi connectivity index (χ0n) is 5.99. The smallest absolute Gasteiger partial charge is 0.330 e. The van der Waals surface area contributed by atoms with E-state index in [-0.39, 0.29) is 13.1 Å². The van der Waals surface area contributed by atoms with Crippen molar-refractivity contribution in [2.24, 2.45) is 17.6 Å². The summed E-state index contributed by atoms with van der Waals surface area (Å²) in [5, 5.41) is 2.68. The lowest BCUT2D eigenvalue weighted by Crippen LogP contribution is -2.33. The maximum absolute atomic E-state index is 12.1. The zero-order chi connectivity index (χ0) is 8.48. The largest absolute Gasteiger partial charge is 0.393 e. The van der Waals surface area contributed by atoms with Gasteiger partial charge in [-0.05, 0) is 19.0 Å². The zero-order valence-corrected chi connectivity index (χ0v) is 5.99. The maximum atomic E-state index is 12.1. The van der Waals surface area contributed by atoms with Crippen molar-refractivity contribution in [1.82, 2.24) is 5.32 Å². The Bertz CT molecular complexity index is 134. The van der Waals surface area contributed by atoms with Gasteiger partial charge in [-0.3, -0.25) is 0 Å². The lowest BCUT2D eigenvalue weighted by molar-refractivity contribution is -0.178. The first-order valence-electron chi connectivity index (χ1n) is 3.53. The molecule has 2 unspecified atom stereocenters. The molecule has 66 valence electrons. The van der Waals surface area contributed by atoms with E-state index in [0.717, 1.165) is 0 Å². The van der Waals surface area contributed by atoms with Crippen molar-refractivity contribution in [1.29, 1.82) is 0 Å². The molecule has 0 aliphatic carbocycles. The molecule has 5 heteroatoms. The molecule has 0 aromatic heterocycles. The summed E-state index contributed by atoms with van der Waals surface area (Å²) < 4.78 is 36.3. The molecule has 1 fully saturated rings. The molecule has 1 aliphatic heterocycles. The van der Waals surface area contributed by atoms with Crippen molar-refractivity contribution >= 4 is 0 Å². The average molecular weight is 168 g/mol. The molecule has 0 radical (unpaired) electrons. The van der Waals surface area contributed by atoms with Gasteiger partial charge in [-0.15, -0.1) is 0 Å². The molecular weight excluding hydrogens is 157 g/mol. The van der Waals surface area contributed by atoms with Gasteiger partial charge in [0, 0.05) is 6.54 Å². The van der Waals surface area contributed by atoms with Crippen LogP contribution in [-0.2, 0) is 0 Å². The third kappa shape index (κ3) is 1.84. The minimum atomic E-state index is -4.09. The van der Waals surface area contributed by atoms with E-state index in [2.05, 4.69) is 5.32 Å². The molecule has 2 nitrogen and oxygen atoms in total. The van der Waals surface area contributed by atoms with Gasteiger partial charge >= 0.3 is 6.18 Å². The molecule has 2 atom stereocenters. The number of nitrogens with one attached hydrogen (secondary N) is 1. The molecule has 0 bridgehead atoms. The first kappa shape index (κ1) is 8.80. The van der Waals surface area contributed by atoms with Crippen molar-refractivity contribution in [3.8, 4) is 0 Å². The summed E-state index contributed by atoms with van der Waals surface area (Å²) in [6.07, 6.45) is -4.09. The third-order valence-corrected chi connectivity index (χ3v) is 2.06. The standard InChI is InChI=1S/C6H11F3N2/c7-6(8,9)5-3-11-2-4(5)1-10/h4-5,11H,1-3,10H2. The summed E-state index contributed by atoms with van der Waals surface area (Å²) >= 11 is 0. The number of halogens is 3. The van der Waals surface area contributed by atoms with Crippen LogP contribution in [0.1, 0.15) is 0 Å². The van der Waals surface area contributed by atoms with Crippen molar-refractivity contribution < 1.29 is 13.2 Å². The van der Waals surface area contributed by atoms with Crippen LogP contribution in [0.25, 0.3) is 0 Å². The van der Waals surface area contributed by atoms with E-state index in [9.17, 15) is 13.2 Å². The molecule has 1 saturated heterocycles. The van der Waals surface area contributed by atoms with Gasteiger partial charge in [-0.25, -0.2) is 0 Å². The number of rotatable bonds is 1. The normalized spacial score (nSPS) is 32.7. The highest BCUT2D eigenvalue weighted by Crippen LogP contribution is 2.33. The summed E-state index contributed by atoms with van der Waals surface area (Å²) in [5.41, 5.74) is 5.18. The number of hydrogen-bond acceptors (Lipinski definition) is 2. The lowest BCUT2D eigenvalue weighted by Gasteiger charge is -2.19. The fourth-order valence-electron chi connectivity index (χ4n) is 1.36. The molecule has 0 saturated carbocycles. The van der Waals surface area contributed by atoms with Gasteiger partial charge in [0.2, 0.25) is 0 Å². The second-order valence-electron chi connectivity index (χ2n) is 2.80. The minimum absolute atomic E-state index is 0.0192. The molecule has 0 spiro atoms. The van der Waals surface area contributed by atoms with Crippen molar-refractivity contribution in [2.75, 3.05) is 19.6 Å². The Hall–Kier alpha value is -0.290. The predicted molar refractivity (Wildman–Crippen MR) is 35.0 cm³/mol. The van der Waals surface area contributed by atoms with Crippen molar-refractivity contribution in [2.45, 2.75) is 6.18 Å². The van der Waals surface area contributed by atoms with Crippen LogP contribution in [0.4, 0.5) is 13.2 Å². The fourth-order valence-corrected chi connectivity index (χ4v) is 1.36. The molecular formula is C6H11F3N2. The van der Waals surface area contributed by atoms with Gasteiger partial charge < -0.3 is 11.1 Å². The van der Waals surface area contributed by atoms with Crippen molar-refractivity contribution in [3.05, 3.63) is 0 Å². The Balaban J connectivity index is 2.57. The monoisotopic (exact) mass is 168 g/mol. The van der Waals surface area contributed by atoms with E-state index in [1.165, 1.54) is 0 Å². The van der Waals surface area contributed by atoms with Gasteiger partial charge in [0.1, 0.15) is 0 Å². The maximum Gasteiger partial charge on any atom is 0.393 e. The Morgan fingerprint density at radius 1 is 1.36 bits per heavy atom. The van der Waals surface area contributed by atoms with Gasteiger partial charge in [-0.2, -0.15) is 13.2 Å².